The van der Waals surface area contributed by atoms with Gasteiger partial charge < -0.3 is 5.32 Å². The van der Waals surface area contributed by atoms with Crippen molar-refractivity contribution in [3.63, 3.8) is 0 Å². The van der Waals surface area contributed by atoms with Gasteiger partial charge in [-0.25, -0.2) is 0 Å². The molecule has 0 aromatic heterocycles. The Morgan fingerprint density at radius 1 is 1.38 bits per heavy atom. The van der Waals surface area contributed by atoms with Crippen molar-refractivity contribution in [1.29, 1.82) is 0 Å². The lowest BCUT2D eigenvalue weighted by molar-refractivity contribution is 0.556. The highest BCUT2D eigenvalue weighted by atomic mass is 32.2. The molecule has 0 aliphatic carbocycles. The van der Waals surface area contributed by atoms with Gasteiger partial charge in [-0.1, -0.05) is 13.8 Å². The Kier molecular flexibility index (Phi) is 7.57. The first-order valence-corrected chi connectivity index (χ1v) is 6.54. The van der Waals surface area contributed by atoms with Crippen LogP contribution in [0.4, 0.5) is 0 Å². The average molecular weight is 205 g/mol. The van der Waals surface area contributed by atoms with Gasteiger partial charge in [-0.2, -0.15) is 0 Å². The summed E-state index contributed by atoms with van der Waals surface area (Å²) in [5, 5.41) is 3.55. The molecule has 0 aromatic rings. The van der Waals surface area contributed by atoms with Gasteiger partial charge in [0, 0.05) is 27.8 Å². The van der Waals surface area contributed by atoms with Crippen LogP contribution in [0, 0.1) is 0 Å². The van der Waals surface area contributed by atoms with E-state index in [0.717, 1.165) is 25.0 Å². The number of hydrogen-bond donors (Lipinski definition) is 1. The third kappa shape index (κ3) is 6.22. The molecule has 0 amide bonds. The van der Waals surface area contributed by atoms with Gasteiger partial charge in [-0.3, -0.25) is 4.21 Å². The van der Waals surface area contributed by atoms with Gasteiger partial charge in [-0.15, -0.1) is 0 Å². The molecule has 80 valence electrons. The van der Waals surface area contributed by atoms with E-state index >= 15 is 0 Å². The second kappa shape index (κ2) is 7.51. The van der Waals surface area contributed by atoms with Crippen LogP contribution in [-0.4, -0.2) is 28.3 Å². The summed E-state index contributed by atoms with van der Waals surface area (Å²) in [5.74, 6) is 0.862. The molecule has 0 bridgehead atoms. The summed E-state index contributed by atoms with van der Waals surface area (Å²) in [6, 6.07) is 0.550. The Bertz CT molecular complexity index is 150. The first kappa shape index (κ1) is 13.1. The van der Waals surface area contributed by atoms with E-state index in [0.29, 0.717) is 11.3 Å². The smallest absolute Gasteiger partial charge is 0.0317 e. The predicted octanol–water partition coefficient (Wildman–Crippen LogP) is 1.92. The molecule has 2 nitrogen and oxygen atoms in total. The van der Waals surface area contributed by atoms with Gasteiger partial charge in [0.25, 0.3) is 0 Å². The van der Waals surface area contributed by atoms with E-state index in [1.54, 1.807) is 0 Å². The molecule has 0 heterocycles. The standard InChI is InChI=1S/C10H23NOS/c1-5-10(3)13(12)8-6-7-9(2)11-4/h9-11H,5-8H2,1-4H3. The summed E-state index contributed by atoms with van der Waals surface area (Å²) in [5.41, 5.74) is 0. The summed E-state index contributed by atoms with van der Waals surface area (Å²) in [7, 11) is 1.36. The maximum absolute atomic E-state index is 11.5. The SMILES string of the molecule is CCC(C)S(=O)CCCC(C)NC. The van der Waals surface area contributed by atoms with Crippen molar-refractivity contribution >= 4 is 10.8 Å². The van der Waals surface area contributed by atoms with Gasteiger partial charge in [0.05, 0.1) is 0 Å². The first-order valence-electron chi connectivity index (χ1n) is 5.16. The van der Waals surface area contributed by atoms with Crippen molar-refractivity contribution in [2.24, 2.45) is 0 Å². The molecule has 0 saturated carbocycles. The lowest BCUT2D eigenvalue weighted by atomic mass is 10.2. The normalized spacial score (nSPS) is 18.2. The summed E-state index contributed by atoms with van der Waals surface area (Å²) in [4.78, 5) is 0. The monoisotopic (exact) mass is 205 g/mol. The third-order valence-electron chi connectivity index (χ3n) is 2.50. The maximum atomic E-state index is 11.5. The van der Waals surface area contributed by atoms with Crippen LogP contribution in [0.1, 0.15) is 40.0 Å². The number of nitrogens with one attached hydrogen (secondary N) is 1. The largest absolute Gasteiger partial charge is 0.317 e. The van der Waals surface area contributed by atoms with Crippen LogP contribution < -0.4 is 5.32 Å². The molecular formula is C10H23NOS. The topological polar surface area (TPSA) is 29.1 Å². The molecule has 0 fully saturated rings. The van der Waals surface area contributed by atoms with E-state index in [1.165, 1.54) is 0 Å². The van der Waals surface area contributed by atoms with Crippen molar-refractivity contribution in [1.82, 2.24) is 5.32 Å². The fourth-order valence-corrected chi connectivity index (χ4v) is 2.29. The molecule has 0 aromatic carbocycles. The summed E-state index contributed by atoms with van der Waals surface area (Å²) in [6.07, 6.45) is 3.21. The molecule has 0 spiro atoms. The zero-order valence-electron chi connectivity index (χ0n) is 9.30. The quantitative estimate of drug-likeness (QED) is 0.688. The molecular weight excluding hydrogens is 182 g/mol. The lowest BCUT2D eigenvalue weighted by Gasteiger charge is -2.11. The minimum Gasteiger partial charge on any atom is -0.317 e. The summed E-state index contributed by atoms with van der Waals surface area (Å²) >= 11 is 0. The van der Waals surface area contributed by atoms with E-state index in [2.05, 4.69) is 26.1 Å². The Hall–Kier alpha value is 0.110. The molecule has 0 radical (unpaired) electrons. The first-order chi connectivity index (χ1) is 6.11. The highest BCUT2D eigenvalue weighted by molar-refractivity contribution is 7.85. The fraction of sp³-hybridized carbons (Fsp3) is 1.00. The zero-order chi connectivity index (χ0) is 10.3. The van der Waals surface area contributed by atoms with Crippen LogP contribution in [-0.2, 0) is 10.8 Å². The molecule has 13 heavy (non-hydrogen) atoms. The maximum Gasteiger partial charge on any atom is 0.0317 e. The lowest BCUT2D eigenvalue weighted by Crippen LogP contribution is -2.22. The van der Waals surface area contributed by atoms with Crippen LogP contribution in [0.5, 0.6) is 0 Å². The number of hydrogen-bond acceptors (Lipinski definition) is 2. The van der Waals surface area contributed by atoms with Crippen molar-refractivity contribution in [3.8, 4) is 0 Å². The van der Waals surface area contributed by atoms with Crippen LogP contribution >= 0.6 is 0 Å². The number of rotatable bonds is 7. The Morgan fingerprint density at radius 3 is 2.46 bits per heavy atom. The van der Waals surface area contributed by atoms with Gasteiger partial charge in [0.2, 0.25) is 0 Å². The molecule has 1 N–H and O–H groups in total. The molecule has 0 rings (SSSR count). The highest BCUT2D eigenvalue weighted by Gasteiger charge is 2.08. The molecule has 3 atom stereocenters. The van der Waals surface area contributed by atoms with Crippen LogP contribution in [0.2, 0.25) is 0 Å². The highest BCUT2D eigenvalue weighted by Crippen LogP contribution is 2.04. The summed E-state index contributed by atoms with van der Waals surface area (Å²) in [6.45, 7) is 6.32. The average Bonchev–Trinajstić information content (AvgIpc) is 2.15. The van der Waals surface area contributed by atoms with Crippen molar-refractivity contribution in [2.45, 2.75) is 51.3 Å². The zero-order valence-corrected chi connectivity index (χ0v) is 10.1. The third-order valence-corrected chi connectivity index (χ3v) is 4.42. The second-order valence-corrected chi connectivity index (χ2v) is 5.61. The fourth-order valence-electron chi connectivity index (χ4n) is 1.06. The summed E-state index contributed by atoms with van der Waals surface area (Å²) < 4.78 is 11.5. The van der Waals surface area contributed by atoms with Gasteiger partial charge >= 0.3 is 0 Å². The van der Waals surface area contributed by atoms with Crippen molar-refractivity contribution in [3.05, 3.63) is 0 Å². The second-order valence-electron chi connectivity index (χ2n) is 3.64. The van der Waals surface area contributed by atoms with E-state index in [1.807, 2.05) is 7.05 Å². The Labute approximate surface area is 84.9 Å². The Morgan fingerprint density at radius 2 is 2.00 bits per heavy atom. The van der Waals surface area contributed by atoms with E-state index in [-0.39, 0.29) is 0 Å². The molecule has 0 saturated heterocycles. The van der Waals surface area contributed by atoms with E-state index in [4.69, 9.17) is 0 Å². The predicted molar refractivity (Wildman–Crippen MR) is 60.5 cm³/mol. The van der Waals surface area contributed by atoms with Crippen molar-refractivity contribution in [2.75, 3.05) is 12.8 Å². The molecule has 3 unspecified atom stereocenters. The van der Waals surface area contributed by atoms with Crippen LogP contribution in [0.15, 0.2) is 0 Å². The molecule has 0 aliphatic heterocycles. The van der Waals surface area contributed by atoms with E-state index < -0.39 is 10.8 Å². The van der Waals surface area contributed by atoms with Gasteiger partial charge in [-0.05, 0) is 33.2 Å². The minimum atomic E-state index is -0.611. The van der Waals surface area contributed by atoms with Crippen LogP contribution in [0.25, 0.3) is 0 Å². The molecule has 3 heteroatoms. The van der Waals surface area contributed by atoms with Gasteiger partial charge in [0.15, 0.2) is 0 Å². The Balaban J connectivity index is 3.47. The van der Waals surface area contributed by atoms with Gasteiger partial charge in [0.1, 0.15) is 0 Å². The minimum absolute atomic E-state index is 0.366. The van der Waals surface area contributed by atoms with Crippen LogP contribution in [0.3, 0.4) is 0 Å². The molecule has 0 aliphatic rings. The van der Waals surface area contributed by atoms with Crippen molar-refractivity contribution < 1.29 is 4.21 Å². The van der Waals surface area contributed by atoms with E-state index in [9.17, 15) is 4.21 Å².